The molecule has 0 aliphatic carbocycles. The summed E-state index contributed by atoms with van der Waals surface area (Å²) in [4.78, 5) is 24.0. The van der Waals surface area contributed by atoms with Crippen LogP contribution in [0.25, 0.3) is 22.4 Å². The second-order valence-corrected chi connectivity index (χ2v) is 9.08. The van der Waals surface area contributed by atoms with Crippen molar-refractivity contribution in [2.75, 3.05) is 37.0 Å². The van der Waals surface area contributed by atoms with E-state index in [1.54, 1.807) is 19.4 Å². The molecule has 0 saturated carbocycles. The van der Waals surface area contributed by atoms with Crippen LogP contribution in [0.3, 0.4) is 0 Å². The van der Waals surface area contributed by atoms with E-state index in [4.69, 9.17) is 9.15 Å². The number of nitrogens with one attached hydrogen (secondary N) is 1. The van der Waals surface area contributed by atoms with Crippen molar-refractivity contribution >= 4 is 28.2 Å². The highest BCUT2D eigenvalue weighted by Crippen LogP contribution is 2.35. The third kappa shape index (κ3) is 4.82. The minimum Gasteiger partial charge on any atom is -0.444 e. The van der Waals surface area contributed by atoms with Crippen LogP contribution in [-0.4, -0.2) is 63.7 Å². The van der Waals surface area contributed by atoms with Crippen molar-refractivity contribution in [1.29, 1.82) is 0 Å². The predicted molar refractivity (Wildman–Crippen MR) is 136 cm³/mol. The maximum absolute atomic E-state index is 13.2. The van der Waals surface area contributed by atoms with E-state index in [2.05, 4.69) is 31.3 Å². The van der Waals surface area contributed by atoms with Crippen LogP contribution in [0.5, 0.6) is 0 Å². The van der Waals surface area contributed by atoms with Crippen LogP contribution >= 0.6 is 0 Å². The number of rotatable bonds is 7. The summed E-state index contributed by atoms with van der Waals surface area (Å²) < 4.78 is 12.8. The Morgan fingerprint density at radius 3 is 2.81 bits per heavy atom. The first-order chi connectivity index (χ1) is 17.4. The van der Waals surface area contributed by atoms with E-state index in [-0.39, 0.29) is 17.7 Å². The number of oxazole rings is 1. The molecule has 3 aromatic heterocycles. The maximum Gasteiger partial charge on any atom is 0.277 e. The molecule has 0 spiro atoms. The largest absolute Gasteiger partial charge is 0.444 e. The Kier molecular flexibility index (Phi) is 6.71. The second-order valence-electron chi connectivity index (χ2n) is 9.08. The van der Waals surface area contributed by atoms with Gasteiger partial charge in [-0.15, -0.1) is 0 Å². The molecule has 1 aliphatic heterocycles. The van der Waals surface area contributed by atoms with Crippen molar-refractivity contribution in [2.24, 2.45) is 0 Å². The summed E-state index contributed by atoms with van der Waals surface area (Å²) in [6, 6.07) is 7.68. The lowest BCUT2D eigenvalue weighted by Crippen LogP contribution is -2.36. The fourth-order valence-corrected chi connectivity index (χ4v) is 4.56. The van der Waals surface area contributed by atoms with Crippen LogP contribution in [0.15, 0.2) is 41.1 Å². The van der Waals surface area contributed by atoms with E-state index >= 15 is 0 Å². The molecule has 1 amide bonds. The molecule has 0 atom stereocenters. The molecule has 1 aliphatic rings. The fourth-order valence-electron chi connectivity index (χ4n) is 4.56. The van der Waals surface area contributed by atoms with Gasteiger partial charge in [0.15, 0.2) is 5.69 Å². The van der Waals surface area contributed by atoms with Crippen molar-refractivity contribution in [3.8, 4) is 11.5 Å². The molecule has 5 rings (SSSR count). The summed E-state index contributed by atoms with van der Waals surface area (Å²) in [6.07, 6.45) is 4.09. The van der Waals surface area contributed by atoms with Crippen molar-refractivity contribution in [2.45, 2.75) is 39.3 Å². The number of methoxy groups -OCH3 is 1. The first kappa shape index (κ1) is 24.0. The van der Waals surface area contributed by atoms with E-state index in [1.807, 2.05) is 30.7 Å². The summed E-state index contributed by atoms with van der Waals surface area (Å²) in [5.41, 5.74) is 5.18. The number of aryl methyl sites for hydroxylation is 2. The zero-order chi connectivity index (χ0) is 25.2. The summed E-state index contributed by atoms with van der Waals surface area (Å²) in [5, 5.41) is 18.7. The molecule has 0 bridgehead atoms. The molecular formula is C26H30N6O4. The number of nitrogens with zero attached hydrogens (tertiary/aromatic N) is 5. The molecule has 0 radical (unpaired) electrons. The van der Waals surface area contributed by atoms with Gasteiger partial charge in [0.1, 0.15) is 6.26 Å². The number of fused-ring (bicyclic) bond motifs is 1. The normalized spacial score (nSPS) is 14.5. The molecule has 188 valence electrons. The highest BCUT2D eigenvalue weighted by atomic mass is 16.5. The highest BCUT2D eigenvalue weighted by Gasteiger charge is 2.23. The standard InChI is InChI=1S/C26H30N6O4/c1-16-12-18(4-7-27-16)26-29-22(15-36-26)25(34)28-21-13-20-17(2)30-32(10-11-35-3)23(20)14-24(21)31-8-5-19(33)6-9-31/h4,7,12-15,19,33H,5-6,8-11H2,1-3H3,(H,28,34). The first-order valence-electron chi connectivity index (χ1n) is 12.1. The molecule has 4 aromatic rings. The number of amides is 1. The number of benzene rings is 1. The van der Waals surface area contributed by atoms with E-state index in [0.717, 1.165) is 33.5 Å². The number of hydrogen-bond donors (Lipinski definition) is 2. The third-order valence-corrected chi connectivity index (χ3v) is 6.49. The van der Waals surface area contributed by atoms with Gasteiger partial charge in [-0.05, 0) is 51.0 Å². The predicted octanol–water partition coefficient (Wildman–Crippen LogP) is 3.56. The lowest BCUT2D eigenvalue weighted by molar-refractivity contribution is 0.102. The zero-order valence-corrected chi connectivity index (χ0v) is 20.7. The van der Waals surface area contributed by atoms with Gasteiger partial charge in [-0.25, -0.2) is 4.98 Å². The van der Waals surface area contributed by atoms with Gasteiger partial charge in [0.05, 0.1) is 41.8 Å². The van der Waals surface area contributed by atoms with E-state index in [0.29, 0.717) is 50.7 Å². The lowest BCUT2D eigenvalue weighted by Gasteiger charge is -2.33. The number of piperidine rings is 1. The Labute approximate surface area is 208 Å². The van der Waals surface area contributed by atoms with Crippen LogP contribution in [0, 0.1) is 13.8 Å². The van der Waals surface area contributed by atoms with Gasteiger partial charge in [0.2, 0.25) is 5.89 Å². The summed E-state index contributed by atoms with van der Waals surface area (Å²) in [7, 11) is 1.67. The Morgan fingerprint density at radius 2 is 2.06 bits per heavy atom. The van der Waals surface area contributed by atoms with Crippen LogP contribution in [0.2, 0.25) is 0 Å². The van der Waals surface area contributed by atoms with Crippen molar-refractivity contribution in [3.63, 3.8) is 0 Å². The monoisotopic (exact) mass is 490 g/mol. The number of carbonyl (C=O) groups is 1. The quantitative estimate of drug-likeness (QED) is 0.404. The molecule has 0 unspecified atom stereocenters. The molecule has 1 fully saturated rings. The molecule has 10 heteroatoms. The van der Waals surface area contributed by atoms with Crippen LogP contribution < -0.4 is 10.2 Å². The molecule has 36 heavy (non-hydrogen) atoms. The van der Waals surface area contributed by atoms with Crippen molar-refractivity contribution in [1.82, 2.24) is 19.7 Å². The molecule has 1 saturated heterocycles. The number of aromatic nitrogens is 4. The Morgan fingerprint density at radius 1 is 1.25 bits per heavy atom. The fraction of sp³-hybridized carbons (Fsp3) is 0.385. The minimum absolute atomic E-state index is 0.187. The number of ether oxygens (including phenoxy) is 1. The molecule has 10 nitrogen and oxygen atoms in total. The molecule has 1 aromatic carbocycles. The van der Waals surface area contributed by atoms with Crippen LogP contribution in [-0.2, 0) is 11.3 Å². The topological polar surface area (TPSA) is 119 Å². The number of aliphatic hydroxyl groups is 1. The molecule has 4 heterocycles. The summed E-state index contributed by atoms with van der Waals surface area (Å²) >= 11 is 0. The Hall–Kier alpha value is -3.76. The second kappa shape index (κ2) is 10.1. The van der Waals surface area contributed by atoms with Crippen LogP contribution in [0.1, 0.15) is 34.7 Å². The SMILES string of the molecule is COCCn1nc(C)c2cc(NC(=O)c3coc(-c4ccnc(C)c4)n3)c(N3CCC(O)CC3)cc21. The van der Waals surface area contributed by atoms with Gasteiger partial charge in [0, 0.05) is 43.0 Å². The molecular weight excluding hydrogens is 460 g/mol. The Bertz CT molecular complexity index is 1390. The van der Waals surface area contributed by atoms with Gasteiger partial charge in [0.25, 0.3) is 5.91 Å². The average molecular weight is 491 g/mol. The van der Waals surface area contributed by atoms with E-state index < -0.39 is 0 Å². The number of pyridine rings is 1. The minimum atomic E-state index is -0.363. The number of carbonyl (C=O) groups excluding carboxylic acids is 1. The average Bonchev–Trinajstić information content (AvgIpc) is 3.48. The number of anilines is 2. The maximum atomic E-state index is 13.2. The van der Waals surface area contributed by atoms with E-state index in [1.165, 1.54) is 6.26 Å². The van der Waals surface area contributed by atoms with E-state index in [9.17, 15) is 9.90 Å². The Balaban J connectivity index is 1.49. The van der Waals surface area contributed by atoms with Crippen molar-refractivity contribution < 1.29 is 19.1 Å². The van der Waals surface area contributed by atoms with Gasteiger partial charge in [-0.1, -0.05) is 0 Å². The first-order valence-corrected chi connectivity index (χ1v) is 12.1. The number of aliphatic hydroxyl groups excluding tert-OH is 1. The molecule has 2 N–H and O–H groups in total. The summed E-state index contributed by atoms with van der Waals surface area (Å²) in [5.74, 6) is -0.000502. The smallest absolute Gasteiger partial charge is 0.277 e. The van der Waals surface area contributed by atoms with Gasteiger partial charge in [-0.3, -0.25) is 14.5 Å². The third-order valence-electron chi connectivity index (χ3n) is 6.49. The lowest BCUT2D eigenvalue weighted by atomic mass is 10.1. The van der Waals surface area contributed by atoms with Crippen molar-refractivity contribution in [3.05, 3.63) is 53.8 Å². The summed E-state index contributed by atoms with van der Waals surface area (Å²) in [6.45, 7) is 6.39. The number of hydrogen-bond acceptors (Lipinski definition) is 8. The van der Waals surface area contributed by atoms with Gasteiger partial charge >= 0.3 is 0 Å². The highest BCUT2D eigenvalue weighted by molar-refractivity contribution is 6.06. The zero-order valence-electron chi connectivity index (χ0n) is 20.7. The van der Waals surface area contributed by atoms with Gasteiger partial charge in [-0.2, -0.15) is 5.10 Å². The van der Waals surface area contributed by atoms with Crippen LogP contribution in [0.4, 0.5) is 11.4 Å². The van der Waals surface area contributed by atoms with Gasteiger partial charge < -0.3 is 24.5 Å².